The molecule has 0 atom stereocenters. The summed E-state index contributed by atoms with van der Waals surface area (Å²) < 4.78 is 39.1. The van der Waals surface area contributed by atoms with E-state index in [0.29, 0.717) is 28.7 Å². The number of carbonyl (C=O) groups is 1. The number of hydrogen-bond donors (Lipinski definition) is 3. The van der Waals surface area contributed by atoms with E-state index in [9.17, 15) is 18.0 Å². The van der Waals surface area contributed by atoms with Gasteiger partial charge >= 0.3 is 6.18 Å². The number of anilines is 3. The van der Waals surface area contributed by atoms with Crippen molar-refractivity contribution in [3.63, 3.8) is 0 Å². The Bertz CT molecular complexity index is 1560. The Balaban J connectivity index is 1.44. The molecule has 0 fully saturated rings. The summed E-state index contributed by atoms with van der Waals surface area (Å²) in [5.74, 6) is 0.376. The molecular formula is C26H19F3N6O. The van der Waals surface area contributed by atoms with Crippen LogP contribution in [0.3, 0.4) is 0 Å². The van der Waals surface area contributed by atoms with E-state index in [1.54, 1.807) is 42.9 Å². The largest absolute Gasteiger partial charge is 0.416 e. The molecule has 0 unspecified atom stereocenters. The van der Waals surface area contributed by atoms with Gasteiger partial charge in [-0.05, 0) is 61.0 Å². The molecule has 3 aromatic heterocycles. The average molecular weight is 488 g/mol. The normalized spacial score (nSPS) is 11.4. The minimum absolute atomic E-state index is 0.0918. The number of hydrogen-bond acceptors (Lipinski definition) is 5. The number of alkyl halides is 3. The highest BCUT2D eigenvalue weighted by Gasteiger charge is 2.30. The quantitative estimate of drug-likeness (QED) is 0.268. The number of benzene rings is 2. The topological polar surface area (TPSA) is 95.6 Å². The maximum atomic E-state index is 13.0. The number of aromatic amines is 1. The van der Waals surface area contributed by atoms with Crippen molar-refractivity contribution in [2.45, 2.75) is 13.1 Å². The molecule has 0 saturated carbocycles. The Morgan fingerprint density at radius 3 is 2.64 bits per heavy atom. The molecule has 2 aromatic carbocycles. The summed E-state index contributed by atoms with van der Waals surface area (Å²) in [7, 11) is 0. The van der Waals surface area contributed by atoms with Gasteiger partial charge in [0.2, 0.25) is 0 Å². The number of aromatic nitrogens is 4. The number of halogens is 3. The van der Waals surface area contributed by atoms with Gasteiger partial charge in [-0.2, -0.15) is 13.2 Å². The molecule has 36 heavy (non-hydrogen) atoms. The van der Waals surface area contributed by atoms with Crippen LogP contribution in [0, 0.1) is 6.92 Å². The first kappa shape index (κ1) is 23.0. The Kier molecular flexibility index (Phi) is 5.85. The van der Waals surface area contributed by atoms with E-state index < -0.39 is 17.6 Å². The lowest BCUT2D eigenvalue weighted by Crippen LogP contribution is -2.14. The van der Waals surface area contributed by atoms with Crippen LogP contribution in [-0.2, 0) is 6.18 Å². The van der Waals surface area contributed by atoms with E-state index in [1.807, 2.05) is 19.1 Å². The minimum Gasteiger partial charge on any atom is -0.346 e. The second kappa shape index (κ2) is 9.14. The number of aryl methyl sites for hydroxylation is 1. The van der Waals surface area contributed by atoms with Gasteiger partial charge in [-0.1, -0.05) is 12.1 Å². The Morgan fingerprint density at radius 1 is 1.00 bits per heavy atom. The van der Waals surface area contributed by atoms with Crippen molar-refractivity contribution in [1.29, 1.82) is 0 Å². The number of pyridine rings is 1. The molecule has 3 N–H and O–H groups in total. The highest BCUT2D eigenvalue weighted by molar-refractivity contribution is 6.04. The first-order valence-electron chi connectivity index (χ1n) is 10.9. The van der Waals surface area contributed by atoms with Crippen LogP contribution in [0.4, 0.5) is 30.4 Å². The third kappa shape index (κ3) is 4.74. The predicted octanol–water partition coefficient (Wildman–Crippen LogP) is 6.34. The summed E-state index contributed by atoms with van der Waals surface area (Å²) in [6.45, 7) is 1.89. The number of fused-ring (bicyclic) bond motifs is 1. The van der Waals surface area contributed by atoms with Crippen molar-refractivity contribution in [3.05, 3.63) is 95.9 Å². The van der Waals surface area contributed by atoms with Crippen molar-refractivity contribution >= 4 is 34.1 Å². The zero-order valence-corrected chi connectivity index (χ0v) is 18.9. The minimum atomic E-state index is -4.53. The van der Waals surface area contributed by atoms with Gasteiger partial charge in [-0.25, -0.2) is 9.97 Å². The first-order valence-corrected chi connectivity index (χ1v) is 10.9. The van der Waals surface area contributed by atoms with Crippen LogP contribution in [0.25, 0.3) is 22.4 Å². The fourth-order valence-corrected chi connectivity index (χ4v) is 3.66. The summed E-state index contributed by atoms with van der Waals surface area (Å²) in [5, 5.41) is 6.73. The van der Waals surface area contributed by atoms with Crippen LogP contribution in [0.1, 0.15) is 21.5 Å². The molecule has 0 aliphatic carbocycles. The van der Waals surface area contributed by atoms with Gasteiger partial charge in [-0.15, -0.1) is 0 Å². The molecule has 7 nitrogen and oxygen atoms in total. The number of carbonyl (C=O) groups excluding carboxylic acids is 1. The maximum Gasteiger partial charge on any atom is 0.416 e. The van der Waals surface area contributed by atoms with Gasteiger partial charge in [0, 0.05) is 41.1 Å². The zero-order valence-electron chi connectivity index (χ0n) is 18.9. The number of rotatable bonds is 5. The van der Waals surface area contributed by atoms with Crippen LogP contribution in [0.15, 0.2) is 79.3 Å². The third-order valence-corrected chi connectivity index (χ3v) is 5.54. The van der Waals surface area contributed by atoms with Gasteiger partial charge in [0.15, 0.2) is 5.82 Å². The molecule has 0 saturated heterocycles. The number of H-pyrrole nitrogens is 1. The lowest BCUT2D eigenvalue weighted by molar-refractivity contribution is -0.137. The van der Waals surface area contributed by atoms with E-state index in [1.165, 1.54) is 12.1 Å². The van der Waals surface area contributed by atoms with Gasteiger partial charge in [0.05, 0.1) is 10.9 Å². The smallest absolute Gasteiger partial charge is 0.346 e. The van der Waals surface area contributed by atoms with Gasteiger partial charge < -0.3 is 15.6 Å². The van der Waals surface area contributed by atoms with Crippen molar-refractivity contribution in [2.75, 3.05) is 10.6 Å². The fraction of sp³-hybridized carbons (Fsp3) is 0.0769. The summed E-state index contributed by atoms with van der Waals surface area (Å²) >= 11 is 0. The Morgan fingerprint density at radius 2 is 1.86 bits per heavy atom. The van der Waals surface area contributed by atoms with Crippen LogP contribution < -0.4 is 10.6 Å². The van der Waals surface area contributed by atoms with Crippen LogP contribution in [-0.4, -0.2) is 25.8 Å². The van der Waals surface area contributed by atoms with E-state index in [-0.39, 0.29) is 5.56 Å². The average Bonchev–Trinajstić information content (AvgIpc) is 3.35. The molecule has 3 heterocycles. The summed E-state index contributed by atoms with van der Waals surface area (Å²) in [4.78, 5) is 29.1. The summed E-state index contributed by atoms with van der Waals surface area (Å²) in [6, 6.07) is 15.0. The molecule has 0 aliphatic heterocycles. The molecule has 0 aliphatic rings. The molecule has 0 radical (unpaired) electrons. The molecule has 0 spiro atoms. The standard InChI is InChI=1S/C26H19F3N6O/c1-15-7-8-19(32-25(36)16-4-2-6-18(12-16)26(27,28)29)13-21(15)33-24-20-9-11-31-23(20)34-22(35-24)17-5-3-10-30-14-17/h2-14H,1H3,(H,32,36)(H2,31,33,34,35). The molecule has 5 rings (SSSR count). The SMILES string of the molecule is Cc1ccc(NC(=O)c2cccc(C(F)(F)F)c2)cc1Nc1nc(-c2cccnc2)nc2[nH]ccc12. The van der Waals surface area contributed by atoms with E-state index in [2.05, 4.69) is 30.6 Å². The lowest BCUT2D eigenvalue weighted by Gasteiger charge is -2.14. The second-order valence-corrected chi connectivity index (χ2v) is 8.06. The Hall–Kier alpha value is -4.73. The highest BCUT2D eigenvalue weighted by Crippen LogP contribution is 2.31. The van der Waals surface area contributed by atoms with E-state index in [0.717, 1.165) is 28.6 Å². The number of nitrogens with zero attached hydrogens (tertiary/aromatic N) is 3. The summed E-state index contributed by atoms with van der Waals surface area (Å²) in [5.41, 5.74) is 2.36. The fourth-order valence-electron chi connectivity index (χ4n) is 3.66. The predicted molar refractivity (Wildman–Crippen MR) is 131 cm³/mol. The van der Waals surface area contributed by atoms with Gasteiger partial charge in [0.1, 0.15) is 11.5 Å². The first-order chi connectivity index (χ1) is 17.3. The van der Waals surface area contributed by atoms with Gasteiger partial charge in [-0.3, -0.25) is 9.78 Å². The third-order valence-electron chi connectivity index (χ3n) is 5.54. The number of nitrogens with one attached hydrogen (secondary N) is 3. The summed E-state index contributed by atoms with van der Waals surface area (Å²) in [6.07, 6.45) is 0.560. The zero-order chi connectivity index (χ0) is 25.3. The highest BCUT2D eigenvalue weighted by atomic mass is 19.4. The monoisotopic (exact) mass is 488 g/mol. The van der Waals surface area contributed by atoms with Crippen LogP contribution >= 0.6 is 0 Å². The maximum absolute atomic E-state index is 13.0. The van der Waals surface area contributed by atoms with Crippen molar-refractivity contribution in [3.8, 4) is 11.4 Å². The molecule has 1 amide bonds. The van der Waals surface area contributed by atoms with Crippen molar-refractivity contribution in [2.24, 2.45) is 0 Å². The number of amides is 1. The van der Waals surface area contributed by atoms with Crippen molar-refractivity contribution < 1.29 is 18.0 Å². The van der Waals surface area contributed by atoms with Gasteiger partial charge in [0.25, 0.3) is 5.91 Å². The molecular weight excluding hydrogens is 469 g/mol. The van der Waals surface area contributed by atoms with Crippen molar-refractivity contribution in [1.82, 2.24) is 19.9 Å². The Labute approximate surface area is 203 Å². The van der Waals surface area contributed by atoms with Crippen LogP contribution in [0.2, 0.25) is 0 Å². The molecule has 180 valence electrons. The molecule has 10 heteroatoms. The van der Waals surface area contributed by atoms with Crippen LogP contribution in [0.5, 0.6) is 0 Å². The van der Waals surface area contributed by atoms with E-state index in [4.69, 9.17) is 0 Å². The molecule has 5 aromatic rings. The lowest BCUT2D eigenvalue weighted by atomic mass is 10.1. The van der Waals surface area contributed by atoms with E-state index >= 15 is 0 Å². The second-order valence-electron chi connectivity index (χ2n) is 8.06. The molecule has 0 bridgehead atoms.